The molecule has 0 spiro atoms. The van der Waals surface area contributed by atoms with Crippen molar-refractivity contribution in [2.45, 2.75) is 39.2 Å². The number of hydrazine groups is 1. The third-order valence-electron chi connectivity index (χ3n) is 5.63. The van der Waals surface area contributed by atoms with Crippen LogP contribution < -0.4 is 20.9 Å². The van der Waals surface area contributed by atoms with Gasteiger partial charge >= 0.3 is 0 Å². The molecule has 1 fully saturated rings. The van der Waals surface area contributed by atoms with Crippen LogP contribution in [0.3, 0.4) is 0 Å². The van der Waals surface area contributed by atoms with Gasteiger partial charge in [0.05, 0.1) is 12.7 Å². The molecule has 0 heterocycles. The van der Waals surface area contributed by atoms with Crippen molar-refractivity contribution in [1.82, 2.24) is 16.2 Å². The normalized spacial score (nSPS) is 22.1. The number of rotatable bonds is 3. The van der Waals surface area contributed by atoms with Gasteiger partial charge in [0.1, 0.15) is 5.75 Å². The number of thiocarbonyl (C=S) groups is 1. The molecule has 0 bridgehead atoms. The van der Waals surface area contributed by atoms with Crippen molar-refractivity contribution in [1.29, 1.82) is 0 Å². The number of hydrogen-bond acceptors (Lipinski definition) is 3. The molecule has 0 unspecified atom stereocenters. The largest absolute Gasteiger partial charge is 0.496 e. The Balaban J connectivity index is 1.63. The van der Waals surface area contributed by atoms with Gasteiger partial charge in [-0.1, -0.05) is 51.0 Å². The zero-order valence-electron chi connectivity index (χ0n) is 16.0. The first-order valence-corrected chi connectivity index (χ1v) is 9.84. The maximum absolute atomic E-state index is 12.6. The Morgan fingerprint density at radius 3 is 2.52 bits per heavy atom. The summed E-state index contributed by atoms with van der Waals surface area (Å²) in [5.74, 6) is 1.47. The molecule has 144 valence electrons. The van der Waals surface area contributed by atoms with E-state index in [1.165, 1.54) is 12.8 Å². The van der Waals surface area contributed by atoms with Crippen molar-refractivity contribution in [2.24, 2.45) is 11.8 Å². The van der Waals surface area contributed by atoms with E-state index in [0.29, 0.717) is 34.3 Å². The van der Waals surface area contributed by atoms with Gasteiger partial charge in [-0.05, 0) is 53.4 Å². The number of methoxy groups -OCH3 is 1. The van der Waals surface area contributed by atoms with Crippen LogP contribution in [0.1, 0.15) is 43.5 Å². The number of amides is 1. The number of benzene rings is 2. The number of fused-ring (bicyclic) bond motifs is 1. The lowest BCUT2D eigenvalue weighted by Gasteiger charge is -2.35. The van der Waals surface area contributed by atoms with Gasteiger partial charge in [0, 0.05) is 6.04 Å². The fourth-order valence-corrected chi connectivity index (χ4v) is 3.94. The minimum Gasteiger partial charge on any atom is -0.496 e. The van der Waals surface area contributed by atoms with E-state index in [9.17, 15) is 4.79 Å². The fraction of sp³-hybridized carbons (Fsp3) is 0.429. The predicted molar refractivity (Wildman–Crippen MR) is 113 cm³/mol. The molecular formula is C21H27N3O2S. The Morgan fingerprint density at radius 2 is 1.81 bits per heavy atom. The van der Waals surface area contributed by atoms with Gasteiger partial charge in [0.15, 0.2) is 5.11 Å². The van der Waals surface area contributed by atoms with E-state index in [-0.39, 0.29) is 5.91 Å². The summed E-state index contributed by atoms with van der Waals surface area (Å²) in [5.41, 5.74) is 5.97. The van der Waals surface area contributed by atoms with Gasteiger partial charge in [-0.15, -0.1) is 0 Å². The van der Waals surface area contributed by atoms with Crippen molar-refractivity contribution in [3.05, 3.63) is 42.0 Å². The lowest BCUT2D eigenvalue weighted by Crippen LogP contribution is -2.52. The summed E-state index contributed by atoms with van der Waals surface area (Å²) >= 11 is 5.36. The highest BCUT2D eigenvalue weighted by Crippen LogP contribution is 2.29. The van der Waals surface area contributed by atoms with Crippen molar-refractivity contribution in [3.63, 3.8) is 0 Å². The summed E-state index contributed by atoms with van der Waals surface area (Å²) in [6, 6.07) is 11.9. The molecule has 0 radical (unpaired) electrons. The predicted octanol–water partition coefficient (Wildman–Crippen LogP) is 3.78. The molecular weight excluding hydrogens is 358 g/mol. The molecule has 6 heteroatoms. The second-order valence-corrected chi connectivity index (χ2v) is 7.73. The molecule has 1 aliphatic carbocycles. The standard InChI is InChI=1S/C21H27N3O2S/c1-13-7-6-10-18(14(13)2)22-21(27)24-23-20(25)17-11-15-8-4-5-9-16(15)12-19(17)26-3/h4-5,8-9,11-14,18H,6-7,10H2,1-3H3,(H,23,25)(H2,22,24,27)/t13-,14+,18+/m0/s1. The van der Waals surface area contributed by atoms with Gasteiger partial charge in [-0.25, -0.2) is 0 Å². The molecule has 1 saturated carbocycles. The van der Waals surface area contributed by atoms with E-state index in [1.807, 2.05) is 36.4 Å². The highest BCUT2D eigenvalue weighted by molar-refractivity contribution is 7.80. The third kappa shape index (κ3) is 4.50. The fourth-order valence-electron chi connectivity index (χ4n) is 3.74. The Labute approximate surface area is 165 Å². The van der Waals surface area contributed by atoms with Crippen molar-refractivity contribution < 1.29 is 9.53 Å². The zero-order chi connectivity index (χ0) is 19.4. The van der Waals surface area contributed by atoms with E-state index >= 15 is 0 Å². The smallest absolute Gasteiger partial charge is 0.273 e. The molecule has 1 amide bonds. The monoisotopic (exact) mass is 385 g/mol. The summed E-state index contributed by atoms with van der Waals surface area (Å²) in [7, 11) is 1.56. The number of carbonyl (C=O) groups is 1. The van der Waals surface area contributed by atoms with Crippen LogP contribution in [0.4, 0.5) is 0 Å². The Kier molecular flexibility index (Phi) is 6.16. The van der Waals surface area contributed by atoms with Crippen LogP contribution in [0.5, 0.6) is 5.75 Å². The maximum Gasteiger partial charge on any atom is 0.273 e. The average molecular weight is 386 g/mol. The van der Waals surface area contributed by atoms with Crippen LogP contribution in [0.25, 0.3) is 10.8 Å². The summed E-state index contributed by atoms with van der Waals surface area (Å²) < 4.78 is 5.39. The molecule has 2 aromatic rings. The topological polar surface area (TPSA) is 62.4 Å². The van der Waals surface area contributed by atoms with Crippen LogP contribution in [0.15, 0.2) is 36.4 Å². The third-order valence-corrected chi connectivity index (χ3v) is 5.85. The van der Waals surface area contributed by atoms with Gasteiger partial charge in [0.25, 0.3) is 5.91 Å². The van der Waals surface area contributed by atoms with Crippen LogP contribution in [-0.2, 0) is 0 Å². The summed E-state index contributed by atoms with van der Waals surface area (Å²) in [6.07, 6.45) is 3.56. The molecule has 0 saturated heterocycles. The van der Waals surface area contributed by atoms with Gasteiger partial charge in [-0.2, -0.15) is 0 Å². The van der Waals surface area contributed by atoms with Crippen LogP contribution in [-0.4, -0.2) is 24.2 Å². The first kappa shape index (κ1) is 19.4. The molecule has 3 rings (SSSR count). The molecule has 5 nitrogen and oxygen atoms in total. The van der Waals surface area contributed by atoms with Gasteiger partial charge in [0.2, 0.25) is 0 Å². The molecule has 2 aromatic carbocycles. The van der Waals surface area contributed by atoms with E-state index in [4.69, 9.17) is 17.0 Å². The number of ether oxygens (including phenoxy) is 1. The molecule has 0 aromatic heterocycles. The van der Waals surface area contributed by atoms with E-state index in [0.717, 1.165) is 17.2 Å². The zero-order valence-corrected chi connectivity index (χ0v) is 16.9. The Morgan fingerprint density at radius 1 is 1.11 bits per heavy atom. The average Bonchev–Trinajstić information content (AvgIpc) is 2.68. The van der Waals surface area contributed by atoms with E-state index in [1.54, 1.807) is 7.11 Å². The minimum atomic E-state index is -0.285. The Bertz CT molecular complexity index is 839. The minimum absolute atomic E-state index is 0.285. The van der Waals surface area contributed by atoms with Crippen molar-refractivity contribution in [3.8, 4) is 5.75 Å². The summed E-state index contributed by atoms with van der Waals surface area (Å²) in [4.78, 5) is 12.6. The van der Waals surface area contributed by atoms with Crippen LogP contribution in [0.2, 0.25) is 0 Å². The van der Waals surface area contributed by atoms with E-state index < -0.39 is 0 Å². The molecule has 3 atom stereocenters. The first-order valence-electron chi connectivity index (χ1n) is 9.43. The van der Waals surface area contributed by atoms with E-state index in [2.05, 4.69) is 30.0 Å². The first-order chi connectivity index (χ1) is 13.0. The lowest BCUT2D eigenvalue weighted by molar-refractivity contribution is 0.0940. The van der Waals surface area contributed by atoms with Crippen LogP contribution >= 0.6 is 12.2 Å². The summed E-state index contributed by atoms with van der Waals surface area (Å²) in [5, 5.41) is 5.78. The highest BCUT2D eigenvalue weighted by Gasteiger charge is 2.27. The van der Waals surface area contributed by atoms with Crippen molar-refractivity contribution >= 4 is 34.0 Å². The second kappa shape index (κ2) is 8.57. The highest BCUT2D eigenvalue weighted by atomic mass is 32.1. The molecule has 1 aliphatic rings. The molecule has 27 heavy (non-hydrogen) atoms. The SMILES string of the molecule is COc1cc2ccccc2cc1C(=O)NNC(=S)N[C@@H]1CCC[C@H](C)[C@H]1C. The Hall–Kier alpha value is -2.34. The molecule has 3 N–H and O–H groups in total. The van der Waals surface area contributed by atoms with Gasteiger partial charge in [-0.3, -0.25) is 15.6 Å². The lowest BCUT2D eigenvalue weighted by atomic mass is 9.78. The van der Waals surface area contributed by atoms with Crippen LogP contribution in [0, 0.1) is 11.8 Å². The number of hydrogen-bond donors (Lipinski definition) is 3. The molecule has 0 aliphatic heterocycles. The van der Waals surface area contributed by atoms with Gasteiger partial charge < -0.3 is 10.1 Å². The number of nitrogens with one attached hydrogen (secondary N) is 3. The second-order valence-electron chi connectivity index (χ2n) is 7.33. The summed E-state index contributed by atoms with van der Waals surface area (Å²) in [6.45, 7) is 4.53. The number of carbonyl (C=O) groups excluding carboxylic acids is 1. The quantitative estimate of drug-likeness (QED) is 0.554. The van der Waals surface area contributed by atoms with Crippen molar-refractivity contribution in [2.75, 3.05) is 7.11 Å². The maximum atomic E-state index is 12.6.